The van der Waals surface area contributed by atoms with E-state index in [9.17, 15) is 26.4 Å². The number of aliphatic imine (C=N–C) groups is 1. The van der Waals surface area contributed by atoms with Crippen LogP contribution in [0.25, 0.3) is 0 Å². The number of methoxy groups -OCH3 is 1. The Bertz CT molecular complexity index is 587. The van der Waals surface area contributed by atoms with Crippen molar-refractivity contribution in [3.05, 3.63) is 0 Å². The normalized spacial score (nSPS) is 17.8. The number of sulfonamides is 1. The minimum absolute atomic E-state index is 0.170. The molecule has 0 radical (unpaired) electrons. The second-order valence-electron chi connectivity index (χ2n) is 5.80. The molecule has 0 spiro atoms. The van der Waals surface area contributed by atoms with Crippen LogP contribution in [-0.2, 0) is 19.6 Å². The lowest BCUT2D eigenvalue weighted by Gasteiger charge is -2.32. The summed E-state index contributed by atoms with van der Waals surface area (Å²) in [6.45, 7) is 0.170. The largest absolute Gasteiger partial charge is 0.511 e. The molecule has 1 saturated heterocycles. The predicted octanol–water partition coefficient (Wildman–Crippen LogP) is 0.809. The minimum Gasteiger partial charge on any atom is -0.469 e. The third-order valence-corrected chi connectivity index (χ3v) is 5.61. The van der Waals surface area contributed by atoms with E-state index in [1.807, 2.05) is 0 Å². The first-order valence-electron chi connectivity index (χ1n) is 8.22. The molecule has 0 saturated carbocycles. The number of piperidine rings is 1. The molecular weight excluding hydrogens is 377 g/mol. The van der Waals surface area contributed by atoms with E-state index in [4.69, 9.17) is 0 Å². The Morgan fingerprint density at radius 1 is 1.27 bits per heavy atom. The zero-order valence-corrected chi connectivity index (χ0v) is 15.6. The van der Waals surface area contributed by atoms with Gasteiger partial charge in [-0.3, -0.25) is 9.79 Å². The number of carbonyl (C=O) groups excluding carboxylic acids is 1. The fourth-order valence-electron chi connectivity index (χ4n) is 2.48. The van der Waals surface area contributed by atoms with Gasteiger partial charge in [0.15, 0.2) is 5.96 Å². The molecule has 1 rings (SSSR count). The fraction of sp³-hybridized carbons (Fsp3) is 0.857. The predicted molar refractivity (Wildman–Crippen MR) is 89.9 cm³/mol. The molecule has 1 heterocycles. The number of carbonyl (C=O) groups is 1. The van der Waals surface area contributed by atoms with E-state index in [0.717, 1.165) is 6.42 Å². The zero-order valence-electron chi connectivity index (χ0n) is 14.8. The van der Waals surface area contributed by atoms with Crippen molar-refractivity contribution in [1.29, 1.82) is 0 Å². The first kappa shape index (κ1) is 22.5. The summed E-state index contributed by atoms with van der Waals surface area (Å²) in [5.74, 6) is 0.216. The molecule has 8 nitrogen and oxygen atoms in total. The number of alkyl halides is 3. The van der Waals surface area contributed by atoms with Crippen LogP contribution in [0.3, 0.4) is 0 Å². The van der Waals surface area contributed by atoms with Gasteiger partial charge in [-0.05, 0) is 25.7 Å². The van der Waals surface area contributed by atoms with Gasteiger partial charge in [0.25, 0.3) is 0 Å². The number of rotatable bonds is 7. The average molecular weight is 402 g/mol. The van der Waals surface area contributed by atoms with Crippen LogP contribution in [0.2, 0.25) is 0 Å². The van der Waals surface area contributed by atoms with Crippen molar-refractivity contribution in [3.8, 4) is 0 Å². The summed E-state index contributed by atoms with van der Waals surface area (Å²) in [4.78, 5) is 15.0. The number of hydrogen-bond donors (Lipinski definition) is 2. The molecule has 0 aliphatic carbocycles. The summed E-state index contributed by atoms with van der Waals surface area (Å²) < 4.78 is 65.4. The Balaban J connectivity index is 2.35. The third kappa shape index (κ3) is 6.63. The summed E-state index contributed by atoms with van der Waals surface area (Å²) in [6.07, 6.45) is 2.20. The number of halogens is 3. The van der Waals surface area contributed by atoms with Gasteiger partial charge in [0, 0.05) is 39.1 Å². The maximum Gasteiger partial charge on any atom is 0.511 e. The number of esters is 1. The van der Waals surface area contributed by atoms with Crippen molar-refractivity contribution in [2.24, 2.45) is 4.99 Å². The summed E-state index contributed by atoms with van der Waals surface area (Å²) in [5.41, 5.74) is -5.27. The van der Waals surface area contributed by atoms with Crippen LogP contribution < -0.4 is 10.6 Å². The van der Waals surface area contributed by atoms with Gasteiger partial charge in [0.2, 0.25) is 0 Å². The first-order chi connectivity index (χ1) is 12.1. The molecule has 0 aromatic rings. The van der Waals surface area contributed by atoms with Gasteiger partial charge < -0.3 is 15.4 Å². The molecule has 1 fully saturated rings. The maximum atomic E-state index is 12.6. The minimum atomic E-state index is -5.27. The highest BCUT2D eigenvalue weighted by Gasteiger charge is 2.50. The van der Waals surface area contributed by atoms with Gasteiger partial charge in [0.1, 0.15) is 0 Å². The smallest absolute Gasteiger partial charge is 0.469 e. The van der Waals surface area contributed by atoms with Crippen LogP contribution in [0.1, 0.15) is 32.1 Å². The lowest BCUT2D eigenvalue weighted by atomic mass is 10.1. The summed E-state index contributed by atoms with van der Waals surface area (Å²) >= 11 is 0. The molecule has 12 heteroatoms. The van der Waals surface area contributed by atoms with Crippen molar-refractivity contribution < 1.29 is 31.1 Å². The second-order valence-corrected chi connectivity index (χ2v) is 7.73. The Labute approximate surface area is 151 Å². The summed E-state index contributed by atoms with van der Waals surface area (Å²) in [6, 6.07) is -0.170. The number of hydrogen-bond acceptors (Lipinski definition) is 5. The van der Waals surface area contributed by atoms with Gasteiger partial charge in [-0.15, -0.1) is 0 Å². The van der Waals surface area contributed by atoms with Gasteiger partial charge in [-0.25, -0.2) is 8.42 Å². The lowest BCUT2D eigenvalue weighted by Crippen LogP contribution is -2.51. The molecule has 2 N–H and O–H groups in total. The molecule has 26 heavy (non-hydrogen) atoms. The van der Waals surface area contributed by atoms with E-state index in [1.54, 1.807) is 7.05 Å². The van der Waals surface area contributed by atoms with E-state index in [1.165, 1.54) is 7.11 Å². The van der Waals surface area contributed by atoms with Crippen molar-refractivity contribution in [1.82, 2.24) is 14.9 Å². The number of ether oxygens (including phenoxy) is 1. The van der Waals surface area contributed by atoms with E-state index >= 15 is 0 Å². The maximum absolute atomic E-state index is 12.6. The fourth-order valence-corrected chi connectivity index (χ4v) is 3.46. The van der Waals surface area contributed by atoms with Crippen molar-refractivity contribution in [2.75, 3.05) is 33.8 Å². The van der Waals surface area contributed by atoms with Gasteiger partial charge in [0.05, 0.1) is 7.11 Å². The lowest BCUT2D eigenvalue weighted by molar-refractivity contribution is -0.140. The summed E-state index contributed by atoms with van der Waals surface area (Å²) in [7, 11) is -2.37. The standard InChI is InChI=1S/C14H25F3N4O4S/c1-18-13(19-8-4-3-5-12(22)25-2)20-11-6-9-21(10-7-11)26(23,24)14(15,16)17/h11H,3-10H2,1-2H3,(H2,18,19,20). The van der Waals surface area contributed by atoms with E-state index in [-0.39, 0.29) is 37.9 Å². The van der Waals surface area contributed by atoms with Crippen LogP contribution in [-0.4, -0.2) is 70.0 Å². The highest BCUT2D eigenvalue weighted by molar-refractivity contribution is 7.90. The molecule has 0 bridgehead atoms. The van der Waals surface area contributed by atoms with Crippen LogP contribution in [0.4, 0.5) is 13.2 Å². The SMILES string of the molecule is CN=C(NCCCCC(=O)OC)NC1CCN(S(=O)(=O)C(F)(F)F)CC1. The molecule has 0 unspecified atom stereocenters. The molecule has 152 valence electrons. The highest BCUT2D eigenvalue weighted by atomic mass is 32.2. The monoisotopic (exact) mass is 402 g/mol. The molecule has 0 aromatic carbocycles. The number of guanidine groups is 1. The van der Waals surface area contributed by atoms with E-state index < -0.39 is 15.5 Å². The Kier molecular flexibility index (Phi) is 8.60. The highest BCUT2D eigenvalue weighted by Crippen LogP contribution is 2.28. The van der Waals surface area contributed by atoms with Gasteiger partial charge in [-0.2, -0.15) is 17.5 Å². The Morgan fingerprint density at radius 3 is 2.38 bits per heavy atom. The quantitative estimate of drug-likeness (QED) is 0.283. The van der Waals surface area contributed by atoms with Crippen molar-refractivity contribution >= 4 is 22.0 Å². The van der Waals surface area contributed by atoms with Gasteiger partial charge in [-0.1, -0.05) is 0 Å². The topological polar surface area (TPSA) is 100 Å². The first-order valence-corrected chi connectivity index (χ1v) is 9.66. The van der Waals surface area contributed by atoms with Crippen LogP contribution >= 0.6 is 0 Å². The average Bonchev–Trinajstić information content (AvgIpc) is 2.59. The zero-order chi connectivity index (χ0) is 19.8. The van der Waals surface area contributed by atoms with Gasteiger partial charge >= 0.3 is 21.5 Å². The second kappa shape index (κ2) is 9.95. The molecular formula is C14H25F3N4O4S. The Hall–Kier alpha value is -1.56. The molecule has 0 atom stereocenters. The van der Waals surface area contributed by atoms with Crippen molar-refractivity contribution in [2.45, 2.75) is 43.7 Å². The van der Waals surface area contributed by atoms with Crippen LogP contribution in [0.15, 0.2) is 4.99 Å². The van der Waals surface area contributed by atoms with E-state index in [2.05, 4.69) is 20.4 Å². The Morgan fingerprint density at radius 2 is 1.88 bits per heavy atom. The molecule has 0 aromatic heterocycles. The molecule has 1 aliphatic rings. The van der Waals surface area contributed by atoms with Crippen molar-refractivity contribution in [3.63, 3.8) is 0 Å². The van der Waals surface area contributed by atoms with Crippen LogP contribution in [0.5, 0.6) is 0 Å². The molecule has 1 aliphatic heterocycles. The van der Waals surface area contributed by atoms with E-state index in [0.29, 0.717) is 29.7 Å². The summed E-state index contributed by atoms with van der Waals surface area (Å²) in [5, 5.41) is 6.12. The number of nitrogens with zero attached hydrogens (tertiary/aromatic N) is 2. The third-order valence-electron chi connectivity index (χ3n) is 3.98. The number of unbranched alkanes of at least 4 members (excludes halogenated alkanes) is 1. The van der Waals surface area contributed by atoms with Crippen LogP contribution in [0, 0.1) is 0 Å². The molecule has 0 amide bonds. The number of nitrogens with one attached hydrogen (secondary N) is 2.